The lowest BCUT2D eigenvalue weighted by Crippen LogP contribution is -2.60. The maximum Gasteiger partial charge on any atom is 0.329 e. The van der Waals surface area contributed by atoms with Crippen molar-refractivity contribution in [1.82, 2.24) is 20.9 Å². The number of hydrogen-bond donors (Lipinski definition) is 4. The van der Waals surface area contributed by atoms with Crippen molar-refractivity contribution in [3.63, 3.8) is 0 Å². The molecular weight excluding hydrogens is 547 g/mol. The van der Waals surface area contributed by atoms with Gasteiger partial charge in [-0.2, -0.15) is 0 Å². The predicted molar refractivity (Wildman–Crippen MR) is 150 cm³/mol. The second-order valence-electron chi connectivity index (χ2n) is 12.1. The molecule has 1 saturated heterocycles. The number of carboxylic acids is 1. The van der Waals surface area contributed by atoms with E-state index < -0.39 is 59.3 Å². The highest BCUT2D eigenvalue weighted by atomic mass is 19.1. The molecule has 0 bridgehead atoms. The monoisotopic (exact) mass is 588 g/mol. The summed E-state index contributed by atoms with van der Waals surface area (Å²) in [6.45, 7) is 4.91. The normalized spacial score (nSPS) is 23.0. The molecular formula is C30H41FN4O7. The number of nitrogens with one attached hydrogen (secondary N) is 3. The van der Waals surface area contributed by atoms with Crippen LogP contribution in [0.3, 0.4) is 0 Å². The summed E-state index contributed by atoms with van der Waals surface area (Å²) in [5.74, 6) is -3.52. The third-order valence-corrected chi connectivity index (χ3v) is 8.48. The molecule has 3 fully saturated rings. The second-order valence-corrected chi connectivity index (χ2v) is 12.1. The van der Waals surface area contributed by atoms with Crippen LogP contribution in [-0.4, -0.2) is 75.9 Å². The van der Waals surface area contributed by atoms with E-state index in [-0.39, 0.29) is 30.7 Å². The number of carbonyl (C=O) groups excluding carboxylic acids is 4. The highest BCUT2D eigenvalue weighted by Gasteiger charge is 2.54. The van der Waals surface area contributed by atoms with Crippen molar-refractivity contribution in [2.24, 2.45) is 11.8 Å². The first-order valence-corrected chi connectivity index (χ1v) is 14.8. The fourth-order valence-electron chi connectivity index (χ4n) is 5.94. The molecule has 4 amide bonds. The van der Waals surface area contributed by atoms with Gasteiger partial charge in [-0.1, -0.05) is 33.1 Å². The Kier molecular flexibility index (Phi) is 9.73. The topological polar surface area (TPSA) is 154 Å². The fraction of sp³-hybridized carbons (Fsp3) is 0.633. The van der Waals surface area contributed by atoms with Crippen LogP contribution in [-0.2, 0) is 24.0 Å². The van der Waals surface area contributed by atoms with Crippen LogP contribution in [0.25, 0.3) is 0 Å². The molecule has 0 aromatic heterocycles. The molecule has 4 atom stereocenters. The number of rotatable bonds is 11. The Morgan fingerprint density at radius 2 is 1.67 bits per heavy atom. The summed E-state index contributed by atoms with van der Waals surface area (Å²) in [5, 5.41) is 17.8. The van der Waals surface area contributed by atoms with Crippen LogP contribution < -0.4 is 20.7 Å². The molecule has 1 unspecified atom stereocenters. The Hall–Kier alpha value is -3.70. The van der Waals surface area contributed by atoms with Crippen molar-refractivity contribution in [3.8, 4) is 5.75 Å². The van der Waals surface area contributed by atoms with E-state index in [0.29, 0.717) is 18.6 Å². The van der Waals surface area contributed by atoms with Gasteiger partial charge in [0.25, 0.3) is 0 Å². The number of ether oxygens (including phenoxy) is 1. The molecule has 4 N–H and O–H groups in total. The van der Waals surface area contributed by atoms with Crippen LogP contribution in [0.1, 0.15) is 72.1 Å². The molecule has 1 heterocycles. The molecule has 1 aromatic carbocycles. The van der Waals surface area contributed by atoms with Crippen LogP contribution in [0, 0.1) is 17.7 Å². The molecule has 42 heavy (non-hydrogen) atoms. The Bertz CT molecular complexity index is 1180. The van der Waals surface area contributed by atoms with E-state index in [9.17, 15) is 33.5 Å². The average molecular weight is 589 g/mol. The highest BCUT2D eigenvalue weighted by molar-refractivity contribution is 5.96. The molecule has 11 nitrogen and oxygen atoms in total. The number of amides is 4. The van der Waals surface area contributed by atoms with Gasteiger partial charge >= 0.3 is 5.97 Å². The summed E-state index contributed by atoms with van der Waals surface area (Å²) >= 11 is 0. The molecule has 1 aliphatic heterocycles. The largest absolute Gasteiger partial charge is 0.488 e. The van der Waals surface area contributed by atoms with E-state index >= 15 is 0 Å². The first kappa shape index (κ1) is 31.2. The van der Waals surface area contributed by atoms with Crippen LogP contribution in [0.5, 0.6) is 5.75 Å². The summed E-state index contributed by atoms with van der Waals surface area (Å²) in [6.07, 6.45) is 4.61. The van der Waals surface area contributed by atoms with Crippen molar-refractivity contribution in [3.05, 3.63) is 30.1 Å². The third-order valence-electron chi connectivity index (χ3n) is 8.48. The van der Waals surface area contributed by atoms with Gasteiger partial charge in [-0.05, 0) is 61.8 Å². The summed E-state index contributed by atoms with van der Waals surface area (Å²) in [6, 6.07) is 2.54. The first-order chi connectivity index (χ1) is 19.9. The maximum atomic E-state index is 14.0. The number of likely N-dealkylation sites (tertiary alicyclic amines) is 1. The van der Waals surface area contributed by atoms with Crippen LogP contribution in [0.15, 0.2) is 24.3 Å². The molecule has 1 aromatic rings. The molecule has 2 aliphatic carbocycles. The number of hydrogen-bond acceptors (Lipinski definition) is 6. The predicted octanol–water partition coefficient (Wildman–Crippen LogP) is 2.13. The quantitative estimate of drug-likeness (QED) is 0.309. The number of benzene rings is 1. The van der Waals surface area contributed by atoms with E-state index in [1.165, 1.54) is 36.1 Å². The number of carbonyl (C=O) groups is 5. The van der Waals surface area contributed by atoms with Gasteiger partial charge < -0.3 is 30.7 Å². The maximum absolute atomic E-state index is 14.0. The van der Waals surface area contributed by atoms with Crippen LogP contribution in [0.2, 0.25) is 0 Å². The number of halogens is 1. The minimum Gasteiger partial charge on any atom is -0.488 e. The molecule has 12 heteroatoms. The van der Waals surface area contributed by atoms with Gasteiger partial charge in [0, 0.05) is 13.3 Å². The summed E-state index contributed by atoms with van der Waals surface area (Å²) in [5.41, 5.74) is -1.35. The molecule has 4 rings (SSSR count). The standard InChI is InChI=1S/C30H41FN4O7/c1-17(2)24(33-27(38)25(32-18(3)36)19-7-5-4-6-8-19)28(39)35-16-22(42-21-11-9-20(31)10-12-21)15-23(35)26(37)34-30(13-14-30)29(40)41/h9-12,17,19,22-25H,4-8,13-16H2,1-3H3,(H,32,36)(H,33,38)(H,34,37)(H,40,41)/t22-,23?,24+,25+/m1/s1. The summed E-state index contributed by atoms with van der Waals surface area (Å²) in [4.78, 5) is 66.0. The molecule has 2 saturated carbocycles. The Morgan fingerprint density at radius 3 is 2.21 bits per heavy atom. The van der Waals surface area contributed by atoms with Gasteiger partial charge in [0.05, 0.1) is 6.54 Å². The fourth-order valence-corrected chi connectivity index (χ4v) is 5.94. The summed E-state index contributed by atoms with van der Waals surface area (Å²) in [7, 11) is 0. The zero-order chi connectivity index (χ0) is 30.6. The van der Waals surface area contributed by atoms with E-state index in [1.807, 2.05) is 0 Å². The lowest BCUT2D eigenvalue weighted by atomic mass is 9.83. The van der Waals surface area contributed by atoms with E-state index in [0.717, 1.165) is 32.1 Å². The second kappa shape index (κ2) is 13.1. The Balaban J connectivity index is 1.54. The summed E-state index contributed by atoms with van der Waals surface area (Å²) < 4.78 is 19.4. The van der Waals surface area contributed by atoms with Crippen molar-refractivity contribution in [1.29, 1.82) is 0 Å². The number of aliphatic carboxylic acids is 1. The van der Waals surface area contributed by atoms with Gasteiger partial charge in [-0.15, -0.1) is 0 Å². The zero-order valence-electron chi connectivity index (χ0n) is 24.4. The third kappa shape index (κ3) is 7.38. The lowest BCUT2D eigenvalue weighted by Gasteiger charge is -2.34. The molecule has 0 spiro atoms. The molecule has 0 radical (unpaired) electrons. The van der Waals surface area contributed by atoms with Gasteiger partial charge in [0.2, 0.25) is 23.6 Å². The minimum atomic E-state index is -1.35. The van der Waals surface area contributed by atoms with Crippen molar-refractivity contribution in [2.45, 2.75) is 102 Å². The average Bonchev–Trinajstić information content (AvgIpc) is 3.61. The van der Waals surface area contributed by atoms with Gasteiger partial charge in [0.1, 0.15) is 41.3 Å². The zero-order valence-corrected chi connectivity index (χ0v) is 24.4. The van der Waals surface area contributed by atoms with Crippen molar-refractivity contribution >= 4 is 29.6 Å². The van der Waals surface area contributed by atoms with Crippen LogP contribution >= 0.6 is 0 Å². The van der Waals surface area contributed by atoms with Gasteiger partial charge in [-0.3, -0.25) is 19.2 Å². The Labute approximate surface area is 244 Å². The van der Waals surface area contributed by atoms with Crippen molar-refractivity contribution in [2.75, 3.05) is 6.54 Å². The van der Waals surface area contributed by atoms with E-state index in [1.54, 1.807) is 13.8 Å². The number of carboxylic acid groups (broad SMARTS) is 1. The van der Waals surface area contributed by atoms with Crippen LogP contribution in [0.4, 0.5) is 4.39 Å². The molecule has 230 valence electrons. The Morgan fingerprint density at radius 1 is 1.02 bits per heavy atom. The molecule has 3 aliphatic rings. The van der Waals surface area contributed by atoms with Crippen molar-refractivity contribution < 1.29 is 38.2 Å². The van der Waals surface area contributed by atoms with E-state index in [4.69, 9.17) is 4.74 Å². The minimum absolute atomic E-state index is 0.00517. The lowest BCUT2D eigenvalue weighted by molar-refractivity contribution is -0.146. The van der Waals surface area contributed by atoms with Gasteiger partial charge in [0.15, 0.2) is 0 Å². The van der Waals surface area contributed by atoms with E-state index in [2.05, 4.69) is 16.0 Å². The number of nitrogens with zero attached hydrogens (tertiary/aromatic N) is 1. The highest BCUT2D eigenvalue weighted by Crippen LogP contribution is 2.36. The van der Waals surface area contributed by atoms with Gasteiger partial charge in [-0.25, -0.2) is 9.18 Å². The SMILES string of the molecule is CC(=O)N[C@H](C(=O)N[C@H](C(=O)N1C[C@H](Oc2ccc(F)cc2)CC1C(=O)NC1(C(=O)O)CC1)C(C)C)C1CCCCC1. The first-order valence-electron chi connectivity index (χ1n) is 14.8. The smallest absolute Gasteiger partial charge is 0.329 e.